The zero-order valence-corrected chi connectivity index (χ0v) is 58.6. The molecule has 5 aromatic rings. The number of aromatic nitrogens is 4. The summed E-state index contributed by atoms with van der Waals surface area (Å²) < 4.78 is 0. The number of carboxylic acids is 1. The van der Waals surface area contributed by atoms with Crippen molar-refractivity contribution in [2.45, 2.75) is 158 Å². The molecule has 13 atom stereocenters. The Hall–Kier alpha value is -11.1. The summed E-state index contributed by atoms with van der Waals surface area (Å²) in [7, 11) is 1.43. The van der Waals surface area contributed by atoms with Crippen LogP contribution in [-0.4, -0.2) is 227 Å². The van der Waals surface area contributed by atoms with E-state index in [4.69, 9.17) is 17.2 Å². The molecule has 15 amide bonds. The van der Waals surface area contributed by atoms with Crippen LogP contribution in [0.1, 0.15) is 83.0 Å². The minimum Gasteiger partial charge on any atom is -0.481 e. The highest BCUT2D eigenvalue weighted by Gasteiger charge is 2.40. The number of nitrogens with zero attached hydrogens (tertiary/aromatic N) is 2. The fraction of sp³-hybridized carbons (Fsp3) is 0.462. The standard InChI is InChI=1S/C65H85N19O18S2/c1-5-30(2)53(82-65(102)54(31(3)85)83-62(99)40(74-32(4)86)17-33-23-70-38-13-8-6-11-36(33)38)64(101)81-47-28-104-103-27-46(56(93)72-26-51(89)84-16-10-15-48(84)55(68)92)80-61(98)45(22-52(90)91)79-58(95)42(19-35-25-69-29-73-35)76-57(94)41(18-34-24-71-39-14-9-7-12-37(34)39)75-59(96)43(20-49(66)87)77-60(97)44(21-50(67)88)78-63(47)100/h6-9,11-14,23-25,29-31,40-48,53-54,70-71,85H,5,10,15-22,26-28H2,1-4H3,(H2,66,87)(H2,67,88)(H2,68,92)(H,69,73)(H,72,93)(H,74,86)(H,75,96)(H,76,94)(H,77,97)(H,78,100)(H,79,95)(H,80,98)(H,81,101)(H,82,102)(H,83,99)(H,90,91)/t30-,31+,40-,41-,42-,43-,44-,45-,46-,47-,48-,53-,54-/m0/s1. The number of aliphatic hydroxyl groups excluding tert-OH is 1. The molecule has 5 heterocycles. The molecule has 0 saturated carbocycles. The number of carbonyl (C=O) groups excluding carboxylic acids is 15. The molecule has 560 valence electrons. The van der Waals surface area contributed by atoms with Crippen LogP contribution in [0.5, 0.6) is 0 Å². The minimum absolute atomic E-state index is 0.0794. The number of fused-ring (bicyclic) bond motifs is 2. The monoisotopic (exact) mass is 1480 g/mol. The number of aliphatic hydroxyl groups is 1. The third kappa shape index (κ3) is 22.7. The number of carbonyl (C=O) groups is 16. The summed E-state index contributed by atoms with van der Waals surface area (Å²) in [5.74, 6) is -20.0. The maximum atomic E-state index is 14.9. The largest absolute Gasteiger partial charge is 0.481 e. The van der Waals surface area contributed by atoms with Gasteiger partial charge in [0.15, 0.2) is 0 Å². The van der Waals surface area contributed by atoms with Gasteiger partial charge in [-0.1, -0.05) is 78.3 Å². The molecule has 0 radical (unpaired) electrons. The number of rotatable bonds is 26. The Kier molecular flexibility index (Phi) is 29.1. The van der Waals surface area contributed by atoms with Gasteiger partial charge in [-0.05, 0) is 48.9 Å². The van der Waals surface area contributed by atoms with Crippen LogP contribution in [0.25, 0.3) is 21.8 Å². The summed E-state index contributed by atoms with van der Waals surface area (Å²) >= 11 is 0. The Balaban J connectivity index is 1.25. The molecule has 104 heavy (non-hydrogen) atoms. The third-order valence-corrected chi connectivity index (χ3v) is 19.6. The molecule has 2 aliphatic heterocycles. The van der Waals surface area contributed by atoms with Crippen molar-refractivity contribution in [1.82, 2.24) is 83.3 Å². The fourth-order valence-electron chi connectivity index (χ4n) is 11.6. The van der Waals surface area contributed by atoms with Crippen LogP contribution >= 0.6 is 21.6 Å². The van der Waals surface area contributed by atoms with Gasteiger partial charge in [-0.25, -0.2) is 4.98 Å². The van der Waals surface area contributed by atoms with E-state index in [1.807, 2.05) is 0 Å². The normalized spacial score (nSPS) is 21.9. The zero-order chi connectivity index (χ0) is 76.1. The van der Waals surface area contributed by atoms with E-state index < -0.39 is 223 Å². The lowest BCUT2D eigenvalue weighted by molar-refractivity contribution is -0.141. The topological polar surface area (TPSA) is 587 Å². The lowest BCUT2D eigenvalue weighted by Gasteiger charge is -2.30. The van der Waals surface area contributed by atoms with Crippen molar-refractivity contribution in [3.63, 3.8) is 0 Å². The van der Waals surface area contributed by atoms with Gasteiger partial charge >= 0.3 is 5.97 Å². The number of hydrogen-bond donors (Lipinski definition) is 19. The number of amides is 15. The van der Waals surface area contributed by atoms with Gasteiger partial charge in [-0.15, -0.1) is 0 Å². The number of carboxylic acid groups (broad SMARTS) is 1. The lowest BCUT2D eigenvalue weighted by Crippen LogP contribution is -2.63. The first-order valence-electron chi connectivity index (χ1n) is 33.1. The zero-order valence-electron chi connectivity index (χ0n) is 57.0. The van der Waals surface area contributed by atoms with Crippen LogP contribution in [0.4, 0.5) is 0 Å². The average Bonchev–Trinajstić information content (AvgIpc) is 1.69. The molecule has 3 aromatic heterocycles. The first-order valence-corrected chi connectivity index (χ1v) is 35.6. The molecule has 7 rings (SSSR count). The summed E-state index contributed by atoms with van der Waals surface area (Å²) in [6.45, 7) is 4.84. The summed E-state index contributed by atoms with van der Waals surface area (Å²) in [6.07, 6.45) is 0.744. The second-order valence-corrected chi connectivity index (χ2v) is 27.6. The minimum atomic E-state index is -2.06. The van der Waals surface area contributed by atoms with Crippen molar-refractivity contribution in [3.05, 3.63) is 90.3 Å². The Morgan fingerprint density at radius 3 is 1.72 bits per heavy atom. The van der Waals surface area contributed by atoms with Gasteiger partial charge in [0, 0.05) is 84.6 Å². The highest BCUT2D eigenvalue weighted by molar-refractivity contribution is 8.76. The number of primary amides is 3. The quantitative estimate of drug-likeness (QED) is 0.0230. The van der Waals surface area contributed by atoms with Crippen molar-refractivity contribution < 1.29 is 86.9 Å². The maximum Gasteiger partial charge on any atom is 0.305 e. The lowest BCUT2D eigenvalue weighted by atomic mass is 9.97. The second kappa shape index (κ2) is 37.7. The van der Waals surface area contributed by atoms with E-state index in [-0.39, 0.29) is 31.5 Å². The van der Waals surface area contributed by atoms with Crippen molar-refractivity contribution >= 4 is 138 Å². The smallest absolute Gasteiger partial charge is 0.305 e. The Labute approximate surface area is 601 Å². The number of aliphatic carboxylic acids is 1. The maximum absolute atomic E-state index is 14.9. The molecule has 2 saturated heterocycles. The summed E-state index contributed by atoms with van der Waals surface area (Å²) in [5.41, 5.74) is 19.3. The Morgan fingerprint density at radius 1 is 0.635 bits per heavy atom. The number of aromatic amines is 3. The molecule has 2 aromatic carbocycles. The van der Waals surface area contributed by atoms with Crippen LogP contribution < -0.4 is 75.7 Å². The molecule has 0 spiro atoms. The number of hydrogen-bond acceptors (Lipinski definition) is 20. The highest BCUT2D eigenvalue weighted by atomic mass is 33.1. The fourth-order valence-corrected chi connectivity index (χ4v) is 13.9. The van der Waals surface area contributed by atoms with Crippen molar-refractivity contribution in [2.24, 2.45) is 23.1 Å². The molecule has 0 unspecified atom stereocenters. The van der Waals surface area contributed by atoms with E-state index in [0.717, 1.165) is 15.8 Å². The molecule has 2 aliphatic rings. The SMILES string of the molecule is CC[C@H](C)[C@H](NC(=O)[C@@H](NC(=O)[C@H](Cc1c[nH]c2ccccc12)NC(C)=O)[C@@H](C)O)C(=O)N[C@H]1CSSC[C@@H](C(=O)NCC(=O)N2CCC[C@H]2C(N)=O)NC(=O)[C@H](CC(=O)O)NC(=O)[C@H](Cc2c[nH]cn2)NC(=O)[C@H](Cc2c[nH]c3ccccc23)NC(=O)[C@H](CC(N)=O)NC(=O)[C@H](CC(N)=O)NC1=O. The van der Waals surface area contributed by atoms with Gasteiger partial charge in [0.1, 0.15) is 66.5 Å². The van der Waals surface area contributed by atoms with Crippen LogP contribution in [0.2, 0.25) is 0 Å². The molecular weight excluding hydrogens is 1400 g/mol. The van der Waals surface area contributed by atoms with Gasteiger partial charge in [0.2, 0.25) is 88.6 Å². The van der Waals surface area contributed by atoms with Crippen molar-refractivity contribution in [3.8, 4) is 0 Å². The molecular formula is C65H85N19O18S2. The number of nitrogens with two attached hydrogens (primary N) is 3. The van der Waals surface area contributed by atoms with Gasteiger partial charge in [-0.3, -0.25) is 76.7 Å². The van der Waals surface area contributed by atoms with Crippen LogP contribution in [0.15, 0.2) is 73.4 Å². The molecule has 37 nitrogen and oxygen atoms in total. The van der Waals surface area contributed by atoms with Gasteiger partial charge in [0.25, 0.3) is 0 Å². The summed E-state index contributed by atoms with van der Waals surface area (Å²) in [6, 6.07) is -5.14. The van der Waals surface area contributed by atoms with E-state index in [0.29, 0.717) is 50.0 Å². The molecule has 0 aliphatic carbocycles. The number of nitrogens with one attached hydrogen (secondary N) is 14. The summed E-state index contributed by atoms with van der Waals surface area (Å²) in [4.78, 5) is 236. The van der Waals surface area contributed by atoms with E-state index in [2.05, 4.69) is 78.4 Å². The molecule has 39 heteroatoms. The molecule has 0 bridgehead atoms. The Morgan fingerprint density at radius 2 is 1.16 bits per heavy atom. The number of para-hydroxylation sites is 2. The third-order valence-electron chi connectivity index (χ3n) is 17.2. The van der Waals surface area contributed by atoms with Crippen molar-refractivity contribution in [2.75, 3.05) is 24.6 Å². The Bertz CT molecular complexity index is 4020. The van der Waals surface area contributed by atoms with E-state index in [9.17, 15) is 86.9 Å². The number of likely N-dealkylation sites (tertiary alicyclic amines) is 1. The molecule has 2 fully saturated rings. The predicted molar refractivity (Wildman–Crippen MR) is 374 cm³/mol. The van der Waals surface area contributed by atoms with Crippen LogP contribution in [0.3, 0.4) is 0 Å². The van der Waals surface area contributed by atoms with E-state index in [1.165, 1.54) is 39.5 Å². The van der Waals surface area contributed by atoms with E-state index >= 15 is 0 Å². The van der Waals surface area contributed by atoms with Crippen LogP contribution in [0, 0.1) is 5.92 Å². The van der Waals surface area contributed by atoms with Gasteiger partial charge in [0.05, 0.1) is 43.9 Å². The van der Waals surface area contributed by atoms with Crippen LogP contribution in [-0.2, 0) is 96.0 Å². The number of H-pyrrole nitrogens is 3. The van der Waals surface area contributed by atoms with Gasteiger partial charge < -0.3 is 106 Å². The van der Waals surface area contributed by atoms with E-state index in [1.54, 1.807) is 61.7 Å². The average molecular weight is 1480 g/mol. The highest BCUT2D eigenvalue weighted by Crippen LogP contribution is 2.26. The van der Waals surface area contributed by atoms with Crippen molar-refractivity contribution in [1.29, 1.82) is 0 Å². The summed E-state index contributed by atoms with van der Waals surface area (Å²) in [5, 5.41) is 49.3. The first kappa shape index (κ1) is 80.2. The molecule has 22 N–H and O–H groups in total. The predicted octanol–water partition coefficient (Wildman–Crippen LogP) is -5.09. The van der Waals surface area contributed by atoms with Gasteiger partial charge in [-0.2, -0.15) is 0 Å². The second-order valence-electron chi connectivity index (χ2n) is 25.0. The number of benzene rings is 2. The first-order chi connectivity index (χ1) is 49.4. The number of imidazole rings is 1.